The summed E-state index contributed by atoms with van der Waals surface area (Å²) in [6.45, 7) is 9.96. The lowest BCUT2D eigenvalue weighted by atomic mass is 10.1. The van der Waals surface area contributed by atoms with E-state index in [9.17, 15) is 9.59 Å². The molecule has 3 aromatic rings. The Bertz CT molecular complexity index is 1310. The zero-order chi connectivity index (χ0) is 27.2. The van der Waals surface area contributed by atoms with E-state index >= 15 is 0 Å². The maximum absolute atomic E-state index is 13.2. The van der Waals surface area contributed by atoms with Crippen LogP contribution in [0, 0.1) is 6.92 Å². The summed E-state index contributed by atoms with van der Waals surface area (Å²) >= 11 is 0. The predicted molar refractivity (Wildman–Crippen MR) is 156 cm³/mol. The van der Waals surface area contributed by atoms with Gasteiger partial charge in [-0.1, -0.05) is 24.3 Å². The van der Waals surface area contributed by atoms with Gasteiger partial charge in [-0.25, -0.2) is 0 Å². The highest BCUT2D eigenvalue weighted by atomic mass is 16.5. The number of amides is 2. The Kier molecular flexibility index (Phi) is 8.56. The van der Waals surface area contributed by atoms with Crippen molar-refractivity contribution < 1.29 is 14.3 Å². The monoisotopic (exact) mass is 527 g/mol. The second kappa shape index (κ2) is 12.4. The van der Waals surface area contributed by atoms with Crippen molar-refractivity contribution in [2.45, 2.75) is 13.5 Å². The Morgan fingerprint density at radius 1 is 0.795 bits per heavy atom. The maximum Gasteiger partial charge on any atom is 0.255 e. The molecular formula is C31H37N5O3. The zero-order valence-electron chi connectivity index (χ0n) is 22.8. The smallest absolute Gasteiger partial charge is 0.255 e. The summed E-state index contributed by atoms with van der Waals surface area (Å²) in [5.74, 6) is -0.358. The summed E-state index contributed by atoms with van der Waals surface area (Å²) in [4.78, 5) is 33.2. The predicted octanol–water partition coefficient (Wildman–Crippen LogP) is 4.08. The Morgan fingerprint density at radius 3 is 2.26 bits per heavy atom. The largest absolute Gasteiger partial charge is 0.378 e. The molecular weight excluding hydrogens is 490 g/mol. The van der Waals surface area contributed by atoms with E-state index in [4.69, 9.17) is 4.74 Å². The average molecular weight is 528 g/mol. The SMILES string of the molecule is Cc1ccc(NC(=O)c2cccc(N3CCOCC3)c2)cc1NC(=O)c1cccc(CN2CCN(C)CC2)c1. The number of carbonyl (C=O) groups is 2. The number of nitrogens with one attached hydrogen (secondary N) is 2. The van der Waals surface area contributed by atoms with Gasteiger partial charge in [0.2, 0.25) is 0 Å². The number of rotatable bonds is 7. The first-order valence-electron chi connectivity index (χ1n) is 13.6. The Labute approximate surface area is 230 Å². The van der Waals surface area contributed by atoms with Crippen LogP contribution in [0.5, 0.6) is 0 Å². The van der Waals surface area contributed by atoms with Crippen LogP contribution in [0.1, 0.15) is 31.8 Å². The van der Waals surface area contributed by atoms with E-state index in [2.05, 4.69) is 38.4 Å². The van der Waals surface area contributed by atoms with Crippen molar-refractivity contribution in [1.29, 1.82) is 0 Å². The average Bonchev–Trinajstić information content (AvgIpc) is 2.96. The lowest BCUT2D eigenvalue weighted by molar-refractivity contribution is 0.101. The van der Waals surface area contributed by atoms with Gasteiger partial charge in [-0.15, -0.1) is 0 Å². The summed E-state index contributed by atoms with van der Waals surface area (Å²) in [6.07, 6.45) is 0. The van der Waals surface area contributed by atoms with Gasteiger partial charge in [-0.3, -0.25) is 14.5 Å². The quantitative estimate of drug-likeness (QED) is 0.482. The minimum atomic E-state index is -0.192. The second-order valence-electron chi connectivity index (χ2n) is 10.4. The van der Waals surface area contributed by atoms with E-state index in [1.165, 1.54) is 0 Å². The second-order valence-corrected chi connectivity index (χ2v) is 10.4. The molecule has 8 heteroatoms. The summed E-state index contributed by atoms with van der Waals surface area (Å²) in [6, 6.07) is 21.0. The van der Waals surface area contributed by atoms with Crippen molar-refractivity contribution in [3.63, 3.8) is 0 Å². The van der Waals surface area contributed by atoms with E-state index in [0.717, 1.165) is 62.6 Å². The number of aryl methyl sites for hydroxylation is 1. The van der Waals surface area contributed by atoms with Gasteiger partial charge in [0, 0.05) is 74.0 Å². The Hall–Kier alpha value is -3.72. The third-order valence-electron chi connectivity index (χ3n) is 7.42. The topological polar surface area (TPSA) is 77.2 Å². The Morgan fingerprint density at radius 2 is 1.49 bits per heavy atom. The molecule has 0 unspecified atom stereocenters. The van der Waals surface area contributed by atoms with Gasteiger partial charge in [-0.05, 0) is 67.6 Å². The number of morpholine rings is 1. The normalized spacial score (nSPS) is 16.6. The maximum atomic E-state index is 13.2. The summed E-state index contributed by atoms with van der Waals surface area (Å²) in [5.41, 5.74) is 5.56. The van der Waals surface area contributed by atoms with Gasteiger partial charge < -0.3 is 25.2 Å². The fraction of sp³-hybridized carbons (Fsp3) is 0.355. The van der Waals surface area contributed by atoms with Crippen LogP contribution in [0.3, 0.4) is 0 Å². The molecule has 5 rings (SSSR count). The number of piperazine rings is 1. The number of benzene rings is 3. The molecule has 2 amide bonds. The minimum Gasteiger partial charge on any atom is -0.378 e. The van der Waals surface area contributed by atoms with Crippen molar-refractivity contribution in [1.82, 2.24) is 9.80 Å². The zero-order valence-corrected chi connectivity index (χ0v) is 22.8. The van der Waals surface area contributed by atoms with Gasteiger partial charge >= 0.3 is 0 Å². The molecule has 0 aliphatic carbocycles. The standard InChI is InChI=1S/C31H37N5O3/c1-23-9-10-27(32-30(37)26-7-4-8-28(20-26)36-15-17-39-18-16-36)21-29(23)33-31(38)25-6-3-5-24(19-25)22-35-13-11-34(2)12-14-35/h3-10,19-21H,11-18,22H2,1-2H3,(H,32,37)(H,33,38). The molecule has 0 spiro atoms. The first kappa shape index (κ1) is 26.9. The number of ether oxygens (including phenoxy) is 1. The van der Waals surface area contributed by atoms with Gasteiger partial charge in [0.1, 0.15) is 0 Å². The molecule has 39 heavy (non-hydrogen) atoms. The molecule has 0 radical (unpaired) electrons. The first-order valence-corrected chi connectivity index (χ1v) is 13.6. The highest BCUT2D eigenvalue weighted by Gasteiger charge is 2.16. The lowest BCUT2D eigenvalue weighted by Gasteiger charge is -2.32. The molecule has 3 aromatic carbocycles. The molecule has 2 aliphatic heterocycles. The van der Waals surface area contributed by atoms with Crippen LogP contribution >= 0.6 is 0 Å². The van der Waals surface area contributed by atoms with Crippen molar-refractivity contribution >= 4 is 28.9 Å². The van der Waals surface area contributed by atoms with E-state index < -0.39 is 0 Å². The van der Waals surface area contributed by atoms with Crippen molar-refractivity contribution in [2.75, 3.05) is 75.1 Å². The third kappa shape index (κ3) is 7.03. The molecule has 0 atom stereocenters. The molecule has 2 saturated heterocycles. The van der Waals surface area contributed by atoms with E-state index in [-0.39, 0.29) is 11.8 Å². The molecule has 2 N–H and O–H groups in total. The minimum absolute atomic E-state index is 0.167. The molecule has 0 bridgehead atoms. The highest BCUT2D eigenvalue weighted by molar-refractivity contribution is 6.07. The van der Waals surface area contributed by atoms with Crippen molar-refractivity contribution in [3.05, 3.63) is 89.0 Å². The lowest BCUT2D eigenvalue weighted by Crippen LogP contribution is -2.43. The fourth-order valence-corrected chi connectivity index (χ4v) is 4.97. The molecule has 0 aromatic heterocycles. The number of carbonyl (C=O) groups excluding carboxylic acids is 2. The number of likely N-dealkylation sites (N-methyl/N-ethyl adjacent to an activating group) is 1. The van der Waals surface area contributed by atoms with Gasteiger partial charge in [0.25, 0.3) is 11.8 Å². The molecule has 0 saturated carbocycles. The van der Waals surface area contributed by atoms with Crippen LogP contribution in [-0.4, -0.2) is 81.1 Å². The number of hydrogen-bond acceptors (Lipinski definition) is 6. The summed E-state index contributed by atoms with van der Waals surface area (Å²) < 4.78 is 5.44. The molecule has 2 fully saturated rings. The highest BCUT2D eigenvalue weighted by Crippen LogP contribution is 2.23. The molecule has 2 heterocycles. The van der Waals surface area contributed by atoms with E-state index in [0.29, 0.717) is 35.7 Å². The van der Waals surface area contributed by atoms with Crippen molar-refractivity contribution in [2.24, 2.45) is 0 Å². The van der Waals surface area contributed by atoms with Gasteiger partial charge in [0.05, 0.1) is 13.2 Å². The molecule has 8 nitrogen and oxygen atoms in total. The summed E-state index contributed by atoms with van der Waals surface area (Å²) in [7, 11) is 2.15. The van der Waals surface area contributed by atoms with Crippen LogP contribution in [0.15, 0.2) is 66.7 Å². The number of hydrogen-bond donors (Lipinski definition) is 2. The van der Waals surface area contributed by atoms with E-state index in [1.807, 2.05) is 67.6 Å². The molecule has 204 valence electrons. The number of anilines is 3. The Balaban J connectivity index is 1.23. The van der Waals surface area contributed by atoms with Crippen LogP contribution in [0.4, 0.5) is 17.1 Å². The van der Waals surface area contributed by atoms with Crippen LogP contribution in [-0.2, 0) is 11.3 Å². The first-order chi connectivity index (χ1) is 18.9. The fourth-order valence-electron chi connectivity index (χ4n) is 4.97. The summed E-state index contributed by atoms with van der Waals surface area (Å²) in [5, 5.41) is 6.02. The number of nitrogens with zero attached hydrogens (tertiary/aromatic N) is 3. The van der Waals surface area contributed by atoms with Crippen molar-refractivity contribution in [3.8, 4) is 0 Å². The van der Waals surface area contributed by atoms with E-state index in [1.54, 1.807) is 0 Å². The molecule has 2 aliphatic rings. The third-order valence-corrected chi connectivity index (χ3v) is 7.42. The van der Waals surface area contributed by atoms with Crippen LogP contribution in [0.2, 0.25) is 0 Å². The van der Waals surface area contributed by atoms with Gasteiger partial charge in [-0.2, -0.15) is 0 Å². The van der Waals surface area contributed by atoms with Crippen LogP contribution in [0.25, 0.3) is 0 Å². The van der Waals surface area contributed by atoms with Gasteiger partial charge in [0.15, 0.2) is 0 Å². The van der Waals surface area contributed by atoms with Crippen LogP contribution < -0.4 is 15.5 Å².